The zero-order valence-electron chi connectivity index (χ0n) is 7.39. The molecule has 0 aromatic carbocycles. The number of H-pyrrole nitrogens is 1. The average Bonchev–Trinajstić information content (AvgIpc) is 2.29. The smallest absolute Gasteiger partial charge is 0.272 e. The minimum absolute atomic E-state index is 0.146. The van der Waals surface area contributed by atoms with E-state index in [0.29, 0.717) is 0 Å². The van der Waals surface area contributed by atoms with Crippen LogP contribution in [0.4, 0.5) is 4.39 Å². The summed E-state index contributed by atoms with van der Waals surface area (Å²) < 4.78 is 13.6. The van der Waals surface area contributed by atoms with E-state index in [1.54, 1.807) is 0 Å². The molecule has 1 aromatic rings. The molecule has 0 saturated carbocycles. The van der Waals surface area contributed by atoms with Gasteiger partial charge in [0.25, 0.3) is 0 Å². The summed E-state index contributed by atoms with van der Waals surface area (Å²) in [5.41, 5.74) is -0.791. The zero-order chi connectivity index (χ0) is 9.35. The predicted octanol–water partition coefficient (Wildman–Crippen LogP) is 0.796. The first-order valence-electron chi connectivity index (χ1n) is 3.69. The van der Waals surface area contributed by atoms with E-state index < -0.39 is 12.2 Å². The number of hydrogen-bond donors (Lipinski definition) is 1. The topological polar surface area (TPSA) is 50.7 Å². The molecule has 0 unspecified atom stereocenters. The summed E-state index contributed by atoms with van der Waals surface area (Å²) in [6, 6.07) is 0. The quantitative estimate of drug-likeness (QED) is 0.682. The second-order valence-corrected chi connectivity index (χ2v) is 3.58. The van der Waals surface area contributed by atoms with Gasteiger partial charge in [-0.05, 0) is 20.8 Å². The lowest BCUT2D eigenvalue weighted by molar-refractivity contribution is 0.345. The normalized spacial score (nSPS) is 12.0. The zero-order valence-corrected chi connectivity index (χ0v) is 7.39. The lowest BCUT2D eigenvalue weighted by Crippen LogP contribution is -2.33. The van der Waals surface area contributed by atoms with Crippen molar-refractivity contribution < 1.29 is 4.39 Å². The summed E-state index contributed by atoms with van der Waals surface area (Å²) in [6.45, 7) is 4.74. The standard InChI is InChI=1S/C7H12FN3O/c1-7(2,3)11-5(4-8)9-10-6(11)12/h4H2,1-3H3,(H,10,12). The molecule has 0 saturated heterocycles. The van der Waals surface area contributed by atoms with Crippen LogP contribution >= 0.6 is 0 Å². The summed E-state index contributed by atoms with van der Waals surface area (Å²) in [5, 5.41) is 5.76. The van der Waals surface area contributed by atoms with Crippen LogP contribution in [0.25, 0.3) is 0 Å². The van der Waals surface area contributed by atoms with E-state index in [-0.39, 0.29) is 11.5 Å². The van der Waals surface area contributed by atoms with Crippen LogP contribution < -0.4 is 5.69 Å². The second kappa shape index (κ2) is 2.73. The fraction of sp³-hybridized carbons (Fsp3) is 0.714. The maximum atomic E-state index is 12.3. The second-order valence-electron chi connectivity index (χ2n) is 3.58. The minimum atomic E-state index is -0.726. The number of alkyl halides is 1. The van der Waals surface area contributed by atoms with Gasteiger partial charge in [-0.3, -0.25) is 4.57 Å². The van der Waals surface area contributed by atoms with E-state index in [0.717, 1.165) is 0 Å². The Bertz CT molecular complexity index is 320. The molecule has 0 aliphatic carbocycles. The van der Waals surface area contributed by atoms with Crippen molar-refractivity contribution in [3.05, 3.63) is 16.3 Å². The first kappa shape index (κ1) is 8.96. The van der Waals surface area contributed by atoms with E-state index in [9.17, 15) is 9.18 Å². The van der Waals surface area contributed by atoms with Crippen LogP contribution in [0.3, 0.4) is 0 Å². The molecule has 68 valence electrons. The summed E-state index contributed by atoms with van der Waals surface area (Å²) in [6.07, 6.45) is 0. The van der Waals surface area contributed by atoms with Crippen LogP contribution in [0.1, 0.15) is 26.6 Å². The first-order chi connectivity index (χ1) is 5.46. The molecule has 0 atom stereocenters. The lowest BCUT2D eigenvalue weighted by atomic mass is 10.1. The van der Waals surface area contributed by atoms with E-state index in [1.165, 1.54) is 4.57 Å². The third-order valence-electron chi connectivity index (χ3n) is 1.53. The van der Waals surface area contributed by atoms with E-state index in [1.807, 2.05) is 20.8 Å². The Labute approximate surface area is 69.4 Å². The molecule has 0 aliphatic heterocycles. The maximum Gasteiger partial charge on any atom is 0.343 e. The number of hydrogen-bond acceptors (Lipinski definition) is 2. The lowest BCUT2D eigenvalue weighted by Gasteiger charge is -2.20. The number of aromatic amines is 1. The Morgan fingerprint density at radius 3 is 2.50 bits per heavy atom. The van der Waals surface area contributed by atoms with E-state index >= 15 is 0 Å². The molecule has 1 aromatic heterocycles. The molecule has 1 rings (SSSR count). The molecular formula is C7H12FN3O. The summed E-state index contributed by atoms with van der Waals surface area (Å²) in [7, 11) is 0. The largest absolute Gasteiger partial charge is 0.343 e. The van der Waals surface area contributed by atoms with Gasteiger partial charge in [0, 0.05) is 5.54 Å². The van der Waals surface area contributed by atoms with Crippen molar-refractivity contribution >= 4 is 0 Å². The Morgan fingerprint density at radius 1 is 1.58 bits per heavy atom. The van der Waals surface area contributed by atoms with Gasteiger partial charge in [0.2, 0.25) is 0 Å². The monoisotopic (exact) mass is 173 g/mol. The number of halogens is 1. The number of nitrogens with zero attached hydrogens (tertiary/aromatic N) is 2. The van der Waals surface area contributed by atoms with Gasteiger partial charge in [0.15, 0.2) is 5.82 Å². The fourth-order valence-corrected chi connectivity index (χ4v) is 1.11. The minimum Gasteiger partial charge on any atom is -0.272 e. The molecule has 12 heavy (non-hydrogen) atoms. The molecule has 0 bridgehead atoms. The molecule has 1 heterocycles. The first-order valence-corrected chi connectivity index (χ1v) is 3.69. The third-order valence-corrected chi connectivity index (χ3v) is 1.53. The SMILES string of the molecule is CC(C)(C)n1c(CF)n[nH]c1=O. The molecule has 0 radical (unpaired) electrons. The van der Waals surface area contributed by atoms with Crippen molar-refractivity contribution in [1.82, 2.24) is 14.8 Å². The van der Waals surface area contributed by atoms with Crippen molar-refractivity contribution in [2.45, 2.75) is 33.0 Å². The van der Waals surface area contributed by atoms with E-state index in [2.05, 4.69) is 10.2 Å². The summed E-state index contributed by atoms with van der Waals surface area (Å²) in [4.78, 5) is 11.1. The van der Waals surface area contributed by atoms with E-state index in [4.69, 9.17) is 0 Å². The van der Waals surface area contributed by atoms with Crippen LogP contribution in [0.15, 0.2) is 4.79 Å². The highest BCUT2D eigenvalue weighted by Gasteiger charge is 2.20. The third kappa shape index (κ3) is 1.39. The van der Waals surface area contributed by atoms with Crippen molar-refractivity contribution in [2.24, 2.45) is 0 Å². The van der Waals surface area contributed by atoms with Gasteiger partial charge >= 0.3 is 5.69 Å². The van der Waals surface area contributed by atoms with Gasteiger partial charge in [-0.25, -0.2) is 14.3 Å². The van der Waals surface area contributed by atoms with Crippen LogP contribution in [0.5, 0.6) is 0 Å². The van der Waals surface area contributed by atoms with Crippen molar-refractivity contribution in [1.29, 1.82) is 0 Å². The van der Waals surface area contributed by atoms with Gasteiger partial charge < -0.3 is 0 Å². The highest BCUT2D eigenvalue weighted by molar-refractivity contribution is 4.90. The van der Waals surface area contributed by atoms with Crippen molar-refractivity contribution in [3.8, 4) is 0 Å². The van der Waals surface area contributed by atoms with Crippen LogP contribution in [-0.2, 0) is 12.2 Å². The van der Waals surface area contributed by atoms with Gasteiger partial charge in [-0.1, -0.05) is 0 Å². The van der Waals surface area contributed by atoms with Crippen LogP contribution in [-0.4, -0.2) is 14.8 Å². The van der Waals surface area contributed by atoms with Crippen molar-refractivity contribution in [2.75, 3.05) is 0 Å². The summed E-state index contributed by atoms with van der Waals surface area (Å²) in [5.74, 6) is 0.146. The molecule has 0 spiro atoms. The average molecular weight is 173 g/mol. The van der Waals surface area contributed by atoms with Gasteiger partial charge in [0.1, 0.15) is 6.67 Å². The Hall–Kier alpha value is -1.13. The maximum absolute atomic E-state index is 12.3. The highest BCUT2D eigenvalue weighted by Crippen LogP contribution is 2.12. The molecule has 1 N–H and O–H groups in total. The number of rotatable bonds is 1. The molecule has 0 fully saturated rings. The Balaban J connectivity index is 3.29. The van der Waals surface area contributed by atoms with Crippen LogP contribution in [0.2, 0.25) is 0 Å². The Kier molecular flexibility index (Phi) is 2.04. The molecule has 5 heteroatoms. The predicted molar refractivity (Wildman–Crippen MR) is 42.7 cm³/mol. The van der Waals surface area contributed by atoms with Gasteiger partial charge in [0.05, 0.1) is 0 Å². The van der Waals surface area contributed by atoms with Crippen molar-refractivity contribution in [3.63, 3.8) is 0 Å². The molecule has 0 aliphatic rings. The number of aromatic nitrogens is 3. The molecular weight excluding hydrogens is 161 g/mol. The van der Waals surface area contributed by atoms with Crippen LogP contribution in [0, 0.1) is 0 Å². The van der Waals surface area contributed by atoms with Gasteiger partial charge in [-0.2, -0.15) is 5.10 Å². The number of nitrogens with one attached hydrogen (secondary N) is 1. The summed E-state index contributed by atoms with van der Waals surface area (Å²) >= 11 is 0. The fourth-order valence-electron chi connectivity index (χ4n) is 1.11. The molecule has 4 nitrogen and oxygen atoms in total. The van der Waals surface area contributed by atoms with Gasteiger partial charge in [-0.15, -0.1) is 0 Å². The Morgan fingerprint density at radius 2 is 2.17 bits per heavy atom. The highest BCUT2D eigenvalue weighted by atomic mass is 19.1. The molecule has 0 amide bonds.